The standard InChI is InChI=1S/C16H23NO3/c1-16(2)9-7-11(8-10-16)20-15(18)12-5-4-6-13(17)14(12)19-3/h4-6,11H,7-10,17H2,1-3H3. The van der Waals surface area contributed by atoms with Gasteiger partial charge in [0.1, 0.15) is 11.7 Å². The van der Waals surface area contributed by atoms with E-state index in [9.17, 15) is 4.79 Å². The highest BCUT2D eigenvalue weighted by molar-refractivity contribution is 5.94. The van der Waals surface area contributed by atoms with Gasteiger partial charge >= 0.3 is 5.97 Å². The molecule has 0 atom stereocenters. The Morgan fingerprint density at radius 3 is 2.55 bits per heavy atom. The molecule has 2 N–H and O–H groups in total. The molecular formula is C16H23NO3. The summed E-state index contributed by atoms with van der Waals surface area (Å²) in [5.74, 6) is 0.0486. The predicted molar refractivity (Wildman–Crippen MR) is 78.9 cm³/mol. The predicted octanol–water partition coefficient (Wildman–Crippen LogP) is 3.40. The number of hydrogen-bond acceptors (Lipinski definition) is 4. The molecule has 4 heteroatoms. The lowest BCUT2D eigenvalue weighted by molar-refractivity contribution is 0.00924. The third-order valence-corrected chi connectivity index (χ3v) is 4.03. The number of nitrogen functional groups attached to an aromatic ring is 1. The van der Waals surface area contributed by atoms with Crippen molar-refractivity contribution in [2.45, 2.75) is 45.6 Å². The summed E-state index contributed by atoms with van der Waals surface area (Å²) in [5.41, 5.74) is 7.02. The Bertz CT molecular complexity index is 486. The summed E-state index contributed by atoms with van der Waals surface area (Å²) < 4.78 is 10.8. The Morgan fingerprint density at radius 2 is 1.95 bits per heavy atom. The van der Waals surface area contributed by atoms with Crippen molar-refractivity contribution in [3.63, 3.8) is 0 Å². The molecule has 1 fully saturated rings. The van der Waals surface area contributed by atoms with Crippen LogP contribution in [0.1, 0.15) is 49.9 Å². The zero-order valence-electron chi connectivity index (χ0n) is 12.4. The van der Waals surface area contributed by atoms with Crippen molar-refractivity contribution in [2.24, 2.45) is 5.41 Å². The van der Waals surface area contributed by atoms with E-state index < -0.39 is 0 Å². The van der Waals surface area contributed by atoms with Gasteiger partial charge in [0.25, 0.3) is 0 Å². The third kappa shape index (κ3) is 3.24. The van der Waals surface area contributed by atoms with Gasteiger partial charge in [0.05, 0.1) is 12.8 Å². The maximum Gasteiger partial charge on any atom is 0.342 e. The summed E-state index contributed by atoms with van der Waals surface area (Å²) in [6.45, 7) is 4.51. The van der Waals surface area contributed by atoms with Crippen molar-refractivity contribution in [1.82, 2.24) is 0 Å². The largest absolute Gasteiger partial charge is 0.494 e. The van der Waals surface area contributed by atoms with E-state index in [4.69, 9.17) is 15.2 Å². The average molecular weight is 277 g/mol. The van der Waals surface area contributed by atoms with Crippen molar-refractivity contribution in [3.8, 4) is 5.75 Å². The Balaban J connectivity index is 2.04. The van der Waals surface area contributed by atoms with Gasteiger partial charge in [0.2, 0.25) is 0 Å². The smallest absolute Gasteiger partial charge is 0.342 e. The van der Waals surface area contributed by atoms with Gasteiger partial charge in [-0.2, -0.15) is 0 Å². The first kappa shape index (κ1) is 14.7. The fourth-order valence-electron chi connectivity index (χ4n) is 2.65. The number of anilines is 1. The number of esters is 1. The number of para-hydroxylation sites is 1. The minimum atomic E-state index is -0.348. The first-order valence-electron chi connectivity index (χ1n) is 7.06. The van der Waals surface area contributed by atoms with Crippen LogP contribution in [-0.4, -0.2) is 19.2 Å². The van der Waals surface area contributed by atoms with Crippen molar-refractivity contribution >= 4 is 11.7 Å². The average Bonchev–Trinajstić information content (AvgIpc) is 2.41. The number of nitrogens with two attached hydrogens (primary N) is 1. The van der Waals surface area contributed by atoms with Crippen LogP contribution in [0.3, 0.4) is 0 Å². The fourth-order valence-corrected chi connectivity index (χ4v) is 2.65. The number of carbonyl (C=O) groups excluding carboxylic acids is 1. The Morgan fingerprint density at radius 1 is 1.30 bits per heavy atom. The molecule has 20 heavy (non-hydrogen) atoms. The molecule has 0 unspecified atom stereocenters. The Hall–Kier alpha value is -1.71. The van der Waals surface area contributed by atoms with E-state index in [0.29, 0.717) is 22.4 Å². The van der Waals surface area contributed by atoms with Gasteiger partial charge in [-0.3, -0.25) is 0 Å². The minimum absolute atomic E-state index is 0.00154. The molecular weight excluding hydrogens is 254 g/mol. The van der Waals surface area contributed by atoms with Crippen LogP contribution in [0.5, 0.6) is 5.75 Å². The second kappa shape index (κ2) is 5.73. The number of rotatable bonds is 3. The van der Waals surface area contributed by atoms with E-state index >= 15 is 0 Å². The molecule has 0 aliphatic heterocycles. The van der Waals surface area contributed by atoms with Crippen LogP contribution in [0.4, 0.5) is 5.69 Å². The monoisotopic (exact) mass is 277 g/mol. The minimum Gasteiger partial charge on any atom is -0.494 e. The normalized spacial score (nSPS) is 18.6. The molecule has 0 heterocycles. The highest BCUT2D eigenvalue weighted by Crippen LogP contribution is 2.37. The van der Waals surface area contributed by atoms with Gasteiger partial charge in [-0.1, -0.05) is 19.9 Å². The van der Waals surface area contributed by atoms with E-state index in [1.807, 2.05) is 0 Å². The van der Waals surface area contributed by atoms with Gasteiger partial charge in [0, 0.05) is 0 Å². The molecule has 0 saturated heterocycles. The Kier molecular flexibility index (Phi) is 4.21. The van der Waals surface area contributed by atoms with Crippen LogP contribution in [0.15, 0.2) is 18.2 Å². The number of methoxy groups -OCH3 is 1. The molecule has 1 aromatic rings. The highest BCUT2D eigenvalue weighted by Gasteiger charge is 2.29. The molecule has 2 rings (SSSR count). The first-order chi connectivity index (χ1) is 9.43. The third-order valence-electron chi connectivity index (χ3n) is 4.03. The van der Waals surface area contributed by atoms with Gasteiger partial charge in [-0.05, 0) is 43.2 Å². The van der Waals surface area contributed by atoms with Crippen LogP contribution in [-0.2, 0) is 4.74 Å². The lowest BCUT2D eigenvalue weighted by Crippen LogP contribution is -2.28. The van der Waals surface area contributed by atoms with Crippen molar-refractivity contribution in [3.05, 3.63) is 23.8 Å². The molecule has 0 radical (unpaired) electrons. The van der Waals surface area contributed by atoms with E-state index in [2.05, 4.69) is 13.8 Å². The van der Waals surface area contributed by atoms with Crippen LogP contribution in [0.2, 0.25) is 0 Å². The molecule has 110 valence electrons. The van der Waals surface area contributed by atoms with E-state index in [1.165, 1.54) is 7.11 Å². The molecule has 1 aromatic carbocycles. The summed E-state index contributed by atoms with van der Waals surface area (Å²) in [5, 5.41) is 0. The van der Waals surface area contributed by atoms with E-state index in [0.717, 1.165) is 25.7 Å². The van der Waals surface area contributed by atoms with Gasteiger partial charge in [-0.15, -0.1) is 0 Å². The number of ether oxygens (including phenoxy) is 2. The number of benzene rings is 1. The van der Waals surface area contributed by atoms with Gasteiger partial charge < -0.3 is 15.2 Å². The lowest BCUT2D eigenvalue weighted by Gasteiger charge is -2.33. The lowest BCUT2D eigenvalue weighted by atomic mass is 9.76. The maximum absolute atomic E-state index is 12.2. The first-order valence-corrected chi connectivity index (χ1v) is 7.06. The maximum atomic E-state index is 12.2. The van der Waals surface area contributed by atoms with Crippen LogP contribution < -0.4 is 10.5 Å². The van der Waals surface area contributed by atoms with Crippen molar-refractivity contribution in [2.75, 3.05) is 12.8 Å². The molecule has 0 aromatic heterocycles. The van der Waals surface area contributed by atoms with Crippen molar-refractivity contribution in [1.29, 1.82) is 0 Å². The molecule has 1 aliphatic carbocycles. The molecule has 4 nitrogen and oxygen atoms in total. The molecule has 0 bridgehead atoms. The quantitative estimate of drug-likeness (QED) is 0.679. The Labute approximate surface area is 120 Å². The topological polar surface area (TPSA) is 61.5 Å². The zero-order valence-corrected chi connectivity index (χ0v) is 12.4. The second-order valence-electron chi connectivity index (χ2n) is 6.20. The summed E-state index contributed by atoms with van der Waals surface area (Å²) >= 11 is 0. The van der Waals surface area contributed by atoms with Gasteiger partial charge in [-0.25, -0.2) is 4.79 Å². The summed E-state index contributed by atoms with van der Waals surface area (Å²) in [6, 6.07) is 5.13. The molecule has 1 saturated carbocycles. The van der Waals surface area contributed by atoms with Crippen LogP contribution >= 0.6 is 0 Å². The number of carbonyl (C=O) groups is 1. The molecule has 0 amide bonds. The fraction of sp³-hybridized carbons (Fsp3) is 0.562. The zero-order chi connectivity index (χ0) is 14.8. The summed E-state index contributed by atoms with van der Waals surface area (Å²) in [4.78, 5) is 12.2. The second-order valence-corrected chi connectivity index (χ2v) is 6.20. The van der Waals surface area contributed by atoms with Crippen LogP contribution in [0, 0.1) is 5.41 Å². The van der Waals surface area contributed by atoms with Crippen molar-refractivity contribution < 1.29 is 14.3 Å². The highest BCUT2D eigenvalue weighted by atomic mass is 16.5. The summed E-state index contributed by atoms with van der Waals surface area (Å²) in [7, 11) is 1.51. The van der Waals surface area contributed by atoms with Crippen LogP contribution in [0.25, 0.3) is 0 Å². The van der Waals surface area contributed by atoms with E-state index in [-0.39, 0.29) is 12.1 Å². The summed E-state index contributed by atoms with van der Waals surface area (Å²) in [6.07, 6.45) is 4.01. The number of hydrogen-bond donors (Lipinski definition) is 1. The van der Waals surface area contributed by atoms with E-state index in [1.54, 1.807) is 18.2 Å². The molecule has 0 spiro atoms. The molecule has 1 aliphatic rings. The SMILES string of the molecule is COc1c(N)cccc1C(=O)OC1CCC(C)(C)CC1. The van der Waals surface area contributed by atoms with Gasteiger partial charge in [0.15, 0.2) is 5.75 Å².